The van der Waals surface area contributed by atoms with Crippen LogP contribution < -0.4 is 0 Å². The van der Waals surface area contributed by atoms with E-state index >= 15 is 0 Å². The molecule has 0 bridgehead atoms. The highest BCUT2D eigenvalue weighted by Crippen LogP contribution is 2.29. The first-order valence-corrected chi connectivity index (χ1v) is 8.91. The Morgan fingerprint density at radius 3 is 2.32 bits per heavy atom. The van der Waals surface area contributed by atoms with Crippen molar-refractivity contribution in [3.05, 3.63) is 35.7 Å². The van der Waals surface area contributed by atoms with Crippen LogP contribution in [0.1, 0.15) is 51.5 Å². The molecule has 0 saturated carbocycles. The van der Waals surface area contributed by atoms with Crippen LogP contribution >= 0.6 is 0 Å². The van der Waals surface area contributed by atoms with Gasteiger partial charge in [-0.1, -0.05) is 36.3 Å². The van der Waals surface area contributed by atoms with E-state index in [9.17, 15) is 22.8 Å². The Labute approximate surface area is 160 Å². The molecule has 0 aliphatic heterocycles. The molecule has 0 radical (unpaired) electrons. The summed E-state index contributed by atoms with van der Waals surface area (Å²) >= 11 is 0. The summed E-state index contributed by atoms with van der Waals surface area (Å²) in [4.78, 5) is 28.7. The largest absolute Gasteiger partial charge is 0.471 e. The van der Waals surface area contributed by atoms with Crippen LogP contribution in [0.25, 0.3) is 11.4 Å². The van der Waals surface area contributed by atoms with Gasteiger partial charge in [0.2, 0.25) is 11.7 Å². The topological polar surface area (TPSA) is 76.3 Å². The number of nitrogens with zero attached hydrogens (tertiary/aromatic N) is 3. The van der Waals surface area contributed by atoms with Crippen molar-refractivity contribution in [3.8, 4) is 11.4 Å². The maximum absolute atomic E-state index is 12.6. The Morgan fingerprint density at radius 1 is 1.18 bits per heavy atom. The molecule has 152 valence electrons. The summed E-state index contributed by atoms with van der Waals surface area (Å²) < 4.78 is 41.9. The fraction of sp³-hybridized carbons (Fsp3) is 0.474. The van der Waals surface area contributed by atoms with E-state index in [1.165, 1.54) is 6.92 Å². The van der Waals surface area contributed by atoms with Gasteiger partial charge in [-0.25, -0.2) is 0 Å². The van der Waals surface area contributed by atoms with Gasteiger partial charge in [0.25, 0.3) is 0 Å². The first-order valence-electron chi connectivity index (χ1n) is 8.91. The lowest BCUT2D eigenvalue weighted by Gasteiger charge is -2.29. The number of aromatic nitrogens is 2. The van der Waals surface area contributed by atoms with Gasteiger partial charge in [0, 0.05) is 31.0 Å². The number of Topliss-reactive ketones (excluding diaryl/α,β-unsaturated/α-hetero) is 1. The van der Waals surface area contributed by atoms with E-state index in [0.29, 0.717) is 12.1 Å². The highest BCUT2D eigenvalue weighted by atomic mass is 19.4. The first-order chi connectivity index (χ1) is 13.1. The molecular weight excluding hydrogens is 375 g/mol. The normalized spacial score (nSPS) is 12.6. The molecule has 0 saturated heterocycles. The van der Waals surface area contributed by atoms with E-state index in [4.69, 9.17) is 0 Å². The summed E-state index contributed by atoms with van der Waals surface area (Å²) in [5.74, 6) is -1.71. The van der Waals surface area contributed by atoms with Crippen molar-refractivity contribution in [3.63, 3.8) is 0 Å². The smallest absolute Gasteiger partial charge is 0.336 e. The van der Waals surface area contributed by atoms with Gasteiger partial charge in [0.15, 0.2) is 0 Å². The molecule has 0 aliphatic carbocycles. The second-order valence-electron chi connectivity index (χ2n) is 6.60. The Hall–Kier alpha value is -2.71. The van der Waals surface area contributed by atoms with Crippen LogP contribution in [-0.4, -0.2) is 32.8 Å². The van der Waals surface area contributed by atoms with Crippen LogP contribution in [0, 0.1) is 0 Å². The summed E-state index contributed by atoms with van der Waals surface area (Å²) in [6.07, 6.45) is -3.58. The number of alkyl halides is 3. The average molecular weight is 397 g/mol. The number of carbonyl (C=O) groups is 2. The minimum atomic E-state index is -4.69. The predicted molar refractivity (Wildman–Crippen MR) is 95.0 cm³/mol. The number of amides is 1. The fourth-order valence-corrected chi connectivity index (χ4v) is 2.55. The third-order valence-corrected chi connectivity index (χ3v) is 4.37. The minimum absolute atomic E-state index is 0.00862. The summed E-state index contributed by atoms with van der Waals surface area (Å²) in [6.45, 7) is 5.68. The molecule has 9 heteroatoms. The summed E-state index contributed by atoms with van der Waals surface area (Å²) in [5.41, 5.74) is 1.18. The maximum Gasteiger partial charge on any atom is 0.471 e. The maximum atomic E-state index is 12.6. The Balaban J connectivity index is 2.13. The van der Waals surface area contributed by atoms with Crippen molar-refractivity contribution in [1.82, 2.24) is 15.0 Å². The molecule has 0 fully saturated rings. The van der Waals surface area contributed by atoms with Crippen molar-refractivity contribution >= 4 is 11.7 Å². The van der Waals surface area contributed by atoms with Crippen LogP contribution in [0.15, 0.2) is 28.8 Å². The number of benzene rings is 1. The predicted octanol–water partition coefficient (Wildman–Crippen LogP) is 4.25. The first kappa shape index (κ1) is 21.6. The number of halogens is 3. The number of carbonyl (C=O) groups excluding carboxylic acids is 2. The van der Waals surface area contributed by atoms with Gasteiger partial charge in [-0.2, -0.15) is 18.2 Å². The van der Waals surface area contributed by atoms with E-state index in [2.05, 4.69) is 14.7 Å². The lowest BCUT2D eigenvalue weighted by molar-refractivity contribution is -0.159. The minimum Gasteiger partial charge on any atom is -0.336 e. The van der Waals surface area contributed by atoms with Gasteiger partial charge in [-0.15, -0.1) is 0 Å². The zero-order valence-electron chi connectivity index (χ0n) is 15.9. The molecule has 6 nitrogen and oxygen atoms in total. The van der Waals surface area contributed by atoms with Crippen molar-refractivity contribution in [2.75, 3.05) is 0 Å². The second kappa shape index (κ2) is 8.99. The molecule has 1 unspecified atom stereocenters. The third-order valence-electron chi connectivity index (χ3n) is 4.37. The van der Waals surface area contributed by atoms with Gasteiger partial charge < -0.3 is 14.2 Å². The van der Waals surface area contributed by atoms with Crippen molar-refractivity contribution in [1.29, 1.82) is 0 Å². The van der Waals surface area contributed by atoms with Crippen LogP contribution in [-0.2, 0) is 22.3 Å². The quantitative estimate of drug-likeness (QED) is 0.666. The number of hydrogen-bond acceptors (Lipinski definition) is 5. The van der Waals surface area contributed by atoms with E-state index in [0.717, 1.165) is 12.0 Å². The van der Waals surface area contributed by atoms with E-state index in [-0.39, 0.29) is 36.4 Å². The molecule has 0 aliphatic rings. The monoisotopic (exact) mass is 397 g/mol. The highest BCUT2D eigenvalue weighted by molar-refractivity contribution is 5.83. The summed E-state index contributed by atoms with van der Waals surface area (Å²) in [7, 11) is 0. The van der Waals surface area contributed by atoms with Crippen molar-refractivity contribution in [2.45, 2.75) is 58.8 Å². The zero-order valence-corrected chi connectivity index (χ0v) is 15.9. The fourth-order valence-electron chi connectivity index (χ4n) is 2.55. The van der Waals surface area contributed by atoms with Crippen LogP contribution in [0.2, 0.25) is 0 Å². The van der Waals surface area contributed by atoms with Gasteiger partial charge in [-0.05, 0) is 25.8 Å². The van der Waals surface area contributed by atoms with Crippen LogP contribution in [0.5, 0.6) is 0 Å². The molecule has 2 rings (SSSR count). The molecule has 0 N–H and O–H groups in total. The summed E-state index contributed by atoms with van der Waals surface area (Å²) in [6, 6.07) is 6.55. The molecule has 0 spiro atoms. The molecule has 1 aromatic heterocycles. The van der Waals surface area contributed by atoms with Gasteiger partial charge in [0.05, 0.1) is 0 Å². The molecule has 28 heavy (non-hydrogen) atoms. The highest BCUT2D eigenvalue weighted by Gasteiger charge is 2.38. The Morgan fingerprint density at radius 2 is 1.82 bits per heavy atom. The SMILES string of the molecule is CCC(C)N(Cc1ccc(-c2noc(C(F)(F)F)n2)cc1)C(=O)CCC(C)=O. The lowest BCUT2D eigenvalue weighted by atomic mass is 10.1. The average Bonchev–Trinajstić information content (AvgIpc) is 3.14. The van der Waals surface area contributed by atoms with Gasteiger partial charge in [0.1, 0.15) is 5.78 Å². The molecule has 1 atom stereocenters. The standard InChI is InChI=1S/C19H22F3N3O3/c1-4-12(2)25(16(27)10-5-13(3)26)11-14-6-8-15(9-7-14)17-23-18(28-24-17)19(20,21)22/h6-9,12H,4-5,10-11H2,1-3H3. The molecular formula is C19H22F3N3O3. The van der Waals surface area contributed by atoms with Crippen molar-refractivity contribution in [2.24, 2.45) is 0 Å². The van der Waals surface area contributed by atoms with E-state index < -0.39 is 12.1 Å². The molecule has 1 heterocycles. The number of hydrogen-bond donors (Lipinski definition) is 0. The van der Waals surface area contributed by atoms with Gasteiger partial charge >= 0.3 is 12.1 Å². The van der Waals surface area contributed by atoms with Crippen LogP contribution in [0.4, 0.5) is 13.2 Å². The van der Waals surface area contributed by atoms with E-state index in [1.54, 1.807) is 29.2 Å². The summed E-state index contributed by atoms with van der Waals surface area (Å²) in [5, 5.41) is 3.35. The number of ketones is 1. The number of rotatable bonds is 8. The van der Waals surface area contributed by atoms with E-state index in [1.807, 2.05) is 13.8 Å². The van der Waals surface area contributed by atoms with Gasteiger partial charge in [-0.3, -0.25) is 4.79 Å². The van der Waals surface area contributed by atoms with Crippen LogP contribution in [0.3, 0.4) is 0 Å². The molecule has 2 aromatic rings. The van der Waals surface area contributed by atoms with Crippen molar-refractivity contribution < 1.29 is 27.3 Å². The Kier molecular flexibility index (Phi) is 6.93. The second-order valence-corrected chi connectivity index (χ2v) is 6.60. The third kappa shape index (κ3) is 5.64. The zero-order chi connectivity index (χ0) is 20.9. The molecule has 1 amide bonds. The Bertz CT molecular complexity index is 816. The molecule has 1 aromatic carbocycles. The lowest BCUT2D eigenvalue weighted by Crippen LogP contribution is -2.37.